The molecule has 0 atom stereocenters. The number of aryl methyl sites for hydroxylation is 1. The van der Waals surface area contributed by atoms with Gasteiger partial charge >= 0.3 is 0 Å². The third-order valence-corrected chi connectivity index (χ3v) is 7.38. The van der Waals surface area contributed by atoms with Gasteiger partial charge in [0.1, 0.15) is 0 Å². The van der Waals surface area contributed by atoms with E-state index in [1.807, 2.05) is 25.1 Å². The highest BCUT2D eigenvalue weighted by molar-refractivity contribution is 9.10. The van der Waals surface area contributed by atoms with Gasteiger partial charge in [0, 0.05) is 34.2 Å². The molecule has 0 aliphatic carbocycles. The summed E-state index contributed by atoms with van der Waals surface area (Å²) in [4.78, 5) is 12.8. The first kappa shape index (κ1) is 20.3. The van der Waals surface area contributed by atoms with Crippen molar-refractivity contribution in [1.82, 2.24) is 4.31 Å². The van der Waals surface area contributed by atoms with Gasteiger partial charge in [-0.15, -0.1) is 0 Å². The fourth-order valence-corrected chi connectivity index (χ4v) is 5.19. The largest absolute Gasteiger partial charge is 0.326 e. The summed E-state index contributed by atoms with van der Waals surface area (Å²) in [6, 6.07) is 11.8. The van der Waals surface area contributed by atoms with E-state index >= 15 is 0 Å². The number of sulfonamides is 1. The summed E-state index contributed by atoms with van der Waals surface area (Å²) in [6.07, 6.45) is 0.989. The number of nitrogens with zero attached hydrogens (tertiary/aromatic N) is 1. The molecule has 2 aromatic rings. The van der Waals surface area contributed by atoms with Crippen molar-refractivity contribution in [2.24, 2.45) is 5.92 Å². The number of carbonyl (C=O) groups is 1. The fraction of sp³-hybridized carbons (Fsp3) is 0.316. The van der Waals surface area contributed by atoms with Gasteiger partial charge in [-0.25, -0.2) is 8.42 Å². The van der Waals surface area contributed by atoms with Gasteiger partial charge < -0.3 is 5.32 Å². The van der Waals surface area contributed by atoms with Crippen molar-refractivity contribution in [3.05, 3.63) is 57.5 Å². The third-order valence-electron chi connectivity index (χ3n) is 4.72. The summed E-state index contributed by atoms with van der Waals surface area (Å²) in [5.74, 6) is -0.270. The molecule has 1 fully saturated rings. The Morgan fingerprint density at radius 1 is 1.15 bits per heavy atom. The molecule has 0 bridgehead atoms. The average Bonchev–Trinajstić information content (AvgIpc) is 2.64. The molecule has 1 heterocycles. The number of halogens is 2. The van der Waals surface area contributed by atoms with Gasteiger partial charge in [0.25, 0.3) is 0 Å². The number of carbonyl (C=O) groups excluding carboxylic acids is 1. The van der Waals surface area contributed by atoms with Crippen LogP contribution in [0.3, 0.4) is 0 Å². The van der Waals surface area contributed by atoms with Crippen LogP contribution in [0.1, 0.15) is 18.4 Å². The first-order valence-corrected chi connectivity index (χ1v) is 11.2. The maximum absolute atomic E-state index is 12.7. The number of amides is 1. The number of nitrogens with one attached hydrogen (secondary N) is 1. The fourth-order valence-electron chi connectivity index (χ4n) is 3.12. The maximum atomic E-state index is 12.7. The van der Waals surface area contributed by atoms with Crippen molar-refractivity contribution in [2.75, 3.05) is 18.4 Å². The number of hydrogen-bond acceptors (Lipinski definition) is 3. The zero-order chi connectivity index (χ0) is 19.6. The second kappa shape index (κ2) is 8.31. The van der Waals surface area contributed by atoms with Crippen molar-refractivity contribution < 1.29 is 13.2 Å². The number of anilines is 1. The minimum Gasteiger partial charge on any atom is -0.326 e. The van der Waals surface area contributed by atoms with Crippen LogP contribution in [0.25, 0.3) is 0 Å². The lowest BCUT2D eigenvalue weighted by Crippen LogP contribution is -2.41. The molecule has 0 spiro atoms. The summed E-state index contributed by atoms with van der Waals surface area (Å²) in [7, 11) is -3.56. The lowest BCUT2D eigenvalue weighted by Gasteiger charge is -2.30. The molecular weight excluding hydrogens is 452 g/mol. The SMILES string of the molecule is Cc1cc(Br)ccc1NC(=O)C1CCN(S(=O)(=O)c2ccc(Cl)cc2)CC1. The lowest BCUT2D eigenvalue weighted by atomic mass is 9.97. The zero-order valence-corrected chi connectivity index (χ0v) is 17.9. The molecule has 0 saturated carbocycles. The number of rotatable bonds is 4. The van der Waals surface area contributed by atoms with Gasteiger partial charge in [0.2, 0.25) is 15.9 Å². The molecule has 3 rings (SSSR count). The molecular formula is C19H20BrClN2O3S. The molecule has 1 saturated heterocycles. The van der Waals surface area contributed by atoms with E-state index in [2.05, 4.69) is 21.2 Å². The molecule has 8 heteroatoms. The number of hydrogen-bond donors (Lipinski definition) is 1. The Balaban J connectivity index is 1.62. The Kier molecular flexibility index (Phi) is 6.25. The van der Waals surface area contributed by atoms with Gasteiger partial charge in [-0.1, -0.05) is 27.5 Å². The van der Waals surface area contributed by atoms with E-state index < -0.39 is 10.0 Å². The normalized spacial score (nSPS) is 16.3. The Hall–Kier alpha value is -1.41. The van der Waals surface area contributed by atoms with Crippen LogP contribution in [0, 0.1) is 12.8 Å². The lowest BCUT2D eigenvalue weighted by molar-refractivity contribution is -0.120. The minimum absolute atomic E-state index is 0.0658. The van der Waals surface area contributed by atoms with Crippen LogP contribution >= 0.6 is 27.5 Å². The van der Waals surface area contributed by atoms with E-state index in [1.165, 1.54) is 16.4 Å². The van der Waals surface area contributed by atoms with Crippen LogP contribution in [0.2, 0.25) is 5.02 Å². The quantitative estimate of drug-likeness (QED) is 0.716. The Labute approximate surface area is 172 Å². The average molecular weight is 472 g/mol. The van der Waals surface area contributed by atoms with Gasteiger partial charge in [-0.2, -0.15) is 4.31 Å². The van der Waals surface area contributed by atoms with E-state index in [1.54, 1.807) is 12.1 Å². The monoisotopic (exact) mass is 470 g/mol. The molecule has 27 heavy (non-hydrogen) atoms. The molecule has 1 N–H and O–H groups in total. The predicted molar refractivity (Wildman–Crippen MR) is 110 cm³/mol. The number of benzene rings is 2. The summed E-state index contributed by atoms with van der Waals surface area (Å²) in [5, 5.41) is 3.45. The van der Waals surface area contributed by atoms with E-state index in [0.29, 0.717) is 31.0 Å². The summed E-state index contributed by atoms with van der Waals surface area (Å²) in [5.41, 5.74) is 1.75. The summed E-state index contributed by atoms with van der Waals surface area (Å²) >= 11 is 9.24. The van der Waals surface area contributed by atoms with E-state index in [4.69, 9.17) is 11.6 Å². The van der Waals surface area contributed by atoms with Crippen LogP contribution in [-0.4, -0.2) is 31.7 Å². The van der Waals surface area contributed by atoms with E-state index in [-0.39, 0.29) is 16.7 Å². The molecule has 1 amide bonds. The van der Waals surface area contributed by atoms with E-state index in [0.717, 1.165) is 15.7 Å². The van der Waals surface area contributed by atoms with Crippen LogP contribution in [0.15, 0.2) is 51.8 Å². The van der Waals surface area contributed by atoms with Crippen LogP contribution in [0.5, 0.6) is 0 Å². The van der Waals surface area contributed by atoms with Crippen LogP contribution in [0.4, 0.5) is 5.69 Å². The predicted octanol–water partition coefficient (Wildman–Crippen LogP) is 4.45. The van der Waals surface area contributed by atoms with Crippen LogP contribution < -0.4 is 5.32 Å². The highest BCUT2D eigenvalue weighted by atomic mass is 79.9. The number of piperidine rings is 1. The first-order valence-electron chi connectivity index (χ1n) is 8.60. The van der Waals surface area contributed by atoms with Crippen LogP contribution in [-0.2, 0) is 14.8 Å². The Morgan fingerprint density at radius 3 is 2.37 bits per heavy atom. The first-order chi connectivity index (χ1) is 12.8. The second-order valence-electron chi connectivity index (χ2n) is 6.58. The molecule has 1 aliphatic rings. The van der Waals surface area contributed by atoms with Crippen molar-refractivity contribution in [3.63, 3.8) is 0 Å². The van der Waals surface area contributed by atoms with Gasteiger partial charge in [-0.3, -0.25) is 4.79 Å². The van der Waals surface area contributed by atoms with Crippen molar-refractivity contribution >= 4 is 49.1 Å². The van der Waals surface area contributed by atoms with Gasteiger partial charge in [0.15, 0.2) is 0 Å². The standard InChI is InChI=1S/C19H20BrClN2O3S/c1-13-12-15(20)2-7-18(13)22-19(24)14-8-10-23(11-9-14)27(25,26)17-5-3-16(21)4-6-17/h2-7,12,14H,8-11H2,1H3,(H,22,24). The van der Waals surface area contributed by atoms with Crippen molar-refractivity contribution in [1.29, 1.82) is 0 Å². The molecule has 144 valence electrons. The molecule has 0 unspecified atom stereocenters. The Bertz CT molecular complexity index is 940. The van der Waals surface area contributed by atoms with Gasteiger partial charge in [-0.05, 0) is 67.8 Å². The molecule has 5 nitrogen and oxygen atoms in total. The third kappa shape index (κ3) is 4.71. The second-order valence-corrected chi connectivity index (χ2v) is 9.87. The Morgan fingerprint density at radius 2 is 1.78 bits per heavy atom. The van der Waals surface area contributed by atoms with Crippen molar-refractivity contribution in [2.45, 2.75) is 24.7 Å². The zero-order valence-electron chi connectivity index (χ0n) is 14.8. The van der Waals surface area contributed by atoms with E-state index in [9.17, 15) is 13.2 Å². The summed E-state index contributed by atoms with van der Waals surface area (Å²) in [6.45, 7) is 2.58. The highest BCUT2D eigenvalue weighted by Crippen LogP contribution is 2.26. The highest BCUT2D eigenvalue weighted by Gasteiger charge is 2.32. The van der Waals surface area contributed by atoms with Crippen molar-refractivity contribution in [3.8, 4) is 0 Å². The smallest absolute Gasteiger partial charge is 0.243 e. The molecule has 0 radical (unpaired) electrons. The topological polar surface area (TPSA) is 66.5 Å². The minimum atomic E-state index is -3.56. The summed E-state index contributed by atoms with van der Waals surface area (Å²) < 4.78 is 27.8. The maximum Gasteiger partial charge on any atom is 0.243 e. The molecule has 0 aromatic heterocycles. The molecule has 2 aromatic carbocycles. The van der Waals surface area contributed by atoms with Gasteiger partial charge in [0.05, 0.1) is 4.90 Å². The molecule has 1 aliphatic heterocycles.